The lowest BCUT2D eigenvalue weighted by molar-refractivity contribution is -0.134. The molecule has 1 aromatic heterocycles. The molecule has 3 heterocycles. The fraction of sp³-hybridized carbons (Fsp3) is 0.550. The molecule has 0 saturated carbocycles. The Kier molecular flexibility index (Phi) is 14.4. The van der Waals surface area contributed by atoms with E-state index in [0.717, 1.165) is 37.1 Å². The average molecular weight is 729 g/mol. The van der Waals surface area contributed by atoms with E-state index in [1.54, 1.807) is 11.6 Å². The Balaban J connectivity index is 1.31. The zero-order valence-corrected chi connectivity index (χ0v) is 31.7. The highest BCUT2D eigenvalue weighted by molar-refractivity contribution is 5.88. The topological polar surface area (TPSA) is 151 Å². The number of para-hydroxylation sites is 1. The third-order valence-electron chi connectivity index (χ3n) is 9.98. The van der Waals surface area contributed by atoms with Crippen molar-refractivity contribution >= 4 is 23.6 Å². The molecule has 0 aliphatic carbocycles. The molecular weight excluding hydrogens is 672 g/mol. The quantitative estimate of drug-likeness (QED) is 0.319. The summed E-state index contributed by atoms with van der Waals surface area (Å²) >= 11 is 0. The van der Waals surface area contributed by atoms with Gasteiger partial charge in [0.05, 0.1) is 6.04 Å². The molecule has 2 aromatic carbocycles. The summed E-state index contributed by atoms with van der Waals surface area (Å²) in [5.74, 6) is 1.48. The fourth-order valence-corrected chi connectivity index (χ4v) is 6.89. The van der Waals surface area contributed by atoms with Gasteiger partial charge in [-0.25, -0.2) is 9.67 Å². The van der Waals surface area contributed by atoms with Gasteiger partial charge in [-0.1, -0.05) is 69.3 Å². The zero-order valence-electron chi connectivity index (χ0n) is 31.7. The summed E-state index contributed by atoms with van der Waals surface area (Å²) < 4.78 is 7.66. The van der Waals surface area contributed by atoms with Gasteiger partial charge < -0.3 is 25.6 Å². The lowest BCUT2D eigenvalue weighted by Gasteiger charge is -2.30. The Morgan fingerprint density at radius 3 is 2.40 bits per heavy atom. The SMILES string of the molecule is Cc1nc2n(n1)CC(=O)NCCCN(Cc1ccccc1OCC(=O)N1CCC(C)CC1)CCCC(=O)N[C@H](Cc1ccccc1)C(=O)N[C@H]2C(C)C. The number of aromatic nitrogens is 3. The molecule has 13 nitrogen and oxygen atoms in total. The van der Waals surface area contributed by atoms with Crippen molar-refractivity contribution in [3.05, 3.63) is 77.4 Å². The molecule has 3 aromatic rings. The van der Waals surface area contributed by atoms with Crippen molar-refractivity contribution in [2.75, 3.05) is 39.3 Å². The zero-order chi connectivity index (χ0) is 37.7. The third kappa shape index (κ3) is 11.9. The summed E-state index contributed by atoms with van der Waals surface area (Å²) in [6, 6.07) is 16.0. The van der Waals surface area contributed by atoms with E-state index in [9.17, 15) is 19.2 Å². The van der Waals surface area contributed by atoms with Gasteiger partial charge in [-0.3, -0.25) is 24.1 Å². The first-order chi connectivity index (χ1) is 25.5. The van der Waals surface area contributed by atoms with E-state index in [4.69, 9.17) is 4.74 Å². The summed E-state index contributed by atoms with van der Waals surface area (Å²) in [7, 11) is 0. The van der Waals surface area contributed by atoms with Gasteiger partial charge in [-0.15, -0.1) is 0 Å². The number of nitrogens with zero attached hydrogens (tertiary/aromatic N) is 5. The molecule has 1 fully saturated rings. The first-order valence-corrected chi connectivity index (χ1v) is 19.1. The van der Waals surface area contributed by atoms with Gasteiger partial charge in [0, 0.05) is 51.1 Å². The molecule has 0 unspecified atom stereocenters. The van der Waals surface area contributed by atoms with E-state index in [2.05, 4.69) is 37.9 Å². The lowest BCUT2D eigenvalue weighted by Crippen LogP contribution is -2.50. The van der Waals surface area contributed by atoms with Crippen molar-refractivity contribution in [2.45, 2.75) is 91.4 Å². The van der Waals surface area contributed by atoms with Gasteiger partial charge >= 0.3 is 0 Å². The highest BCUT2D eigenvalue weighted by Gasteiger charge is 2.30. The summed E-state index contributed by atoms with van der Waals surface area (Å²) in [6.07, 6.45) is 3.81. The maximum absolute atomic E-state index is 13.9. The number of rotatable bonds is 8. The Morgan fingerprint density at radius 2 is 1.64 bits per heavy atom. The Labute approximate surface area is 313 Å². The normalized spacial score (nSPS) is 20.5. The molecule has 2 aliphatic heterocycles. The van der Waals surface area contributed by atoms with Crippen LogP contribution in [0.15, 0.2) is 54.6 Å². The van der Waals surface area contributed by atoms with Crippen molar-refractivity contribution in [2.24, 2.45) is 11.8 Å². The smallest absolute Gasteiger partial charge is 0.260 e. The molecule has 13 heteroatoms. The van der Waals surface area contributed by atoms with Crippen LogP contribution in [0.2, 0.25) is 0 Å². The molecular formula is C40H56N8O5. The highest BCUT2D eigenvalue weighted by Crippen LogP contribution is 2.23. The van der Waals surface area contributed by atoms with Crippen molar-refractivity contribution < 1.29 is 23.9 Å². The predicted molar refractivity (Wildman–Crippen MR) is 202 cm³/mol. The van der Waals surface area contributed by atoms with Gasteiger partial charge in [0.25, 0.3) is 5.91 Å². The van der Waals surface area contributed by atoms with Gasteiger partial charge in [0.2, 0.25) is 17.7 Å². The van der Waals surface area contributed by atoms with Gasteiger partial charge in [0.15, 0.2) is 12.4 Å². The number of carbonyl (C=O) groups excluding carboxylic acids is 4. The Hall–Kier alpha value is -4.78. The molecule has 0 radical (unpaired) electrons. The van der Waals surface area contributed by atoms with Crippen LogP contribution in [-0.2, 0) is 38.7 Å². The van der Waals surface area contributed by atoms with E-state index >= 15 is 0 Å². The van der Waals surface area contributed by atoms with Crippen molar-refractivity contribution in [1.29, 1.82) is 0 Å². The van der Waals surface area contributed by atoms with E-state index in [1.807, 2.05) is 73.3 Å². The first-order valence-electron chi connectivity index (χ1n) is 19.1. The monoisotopic (exact) mass is 728 g/mol. The predicted octanol–water partition coefficient (Wildman–Crippen LogP) is 3.57. The minimum atomic E-state index is -0.818. The van der Waals surface area contributed by atoms with Crippen LogP contribution in [0.5, 0.6) is 5.75 Å². The number of likely N-dealkylation sites (tertiary alicyclic amines) is 1. The number of carbonyl (C=O) groups is 4. The fourth-order valence-electron chi connectivity index (χ4n) is 6.89. The molecule has 53 heavy (non-hydrogen) atoms. The number of hydrogen-bond donors (Lipinski definition) is 3. The maximum atomic E-state index is 13.9. The molecule has 0 spiro atoms. The van der Waals surface area contributed by atoms with Crippen LogP contribution in [-0.4, -0.2) is 93.6 Å². The van der Waals surface area contributed by atoms with Gasteiger partial charge in [-0.2, -0.15) is 5.10 Å². The number of aryl methyl sites for hydroxylation is 1. The second kappa shape index (κ2) is 19.3. The largest absolute Gasteiger partial charge is 0.483 e. The number of nitrogens with one attached hydrogen (secondary N) is 3. The third-order valence-corrected chi connectivity index (χ3v) is 9.98. The number of amides is 4. The lowest BCUT2D eigenvalue weighted by atomic mass is 9.99. The molecule has 0 bridgehead atoms. The minimum absolute atomic E-state index is 0.00266. The van der Waals surface area contributed by atoms with Gasteiger partial charge in [-0.05, 0) is 62.6 Å². The molecule has 2 atom stereocenters. The van der Waals surface area contributed by atoms with Crippen molar-refractivity contribution in [3.63, 3.8) is 0 Å². The summed E-state index contributed by atoms with van der Waals surface area (Å²) in [5, 5.41) is 13.6. The number of hydrogen-bond acceptors (Lipinski definition) is 8. The average Bonchev–Trinajstić information content (AvgIpc) is 3.50. The van der Waals surface area contributed by atoms with Crippen LogP contribution in [0.1, 0.15) is 81.7 Å². The second-order valence-corrected chi connectivity index (χ2v) is 14.8. The number of piperidine rings is 1. The minimum Gasteiger partial charge on any atom is -0.483 e. The first kappa shape index (κ1) is 39.4. The van der Waals surface area contributed by atoms with Crippen molar-refractivity contribution in [1.82, 2.24) is 40.5 Å². The van der Waals surface area contributed by atoms with Crippen LogP contribution in [0.4, 0.5) is 0 Å². The number of ether oxygens (including phenoxy) is 1. The van der Waals surface area contributed by atoms with Gasteiger partial charge in [0.1, 0.15) is 24.2 Å². The molecule has 2 aliphatic rings. The van der Waals surface area contributed by atoms with Crippen LogP contribution >= 0.6 is 0 Å². The van der Waals surface area contributed by atoms with Crippen LogP contribution < -0.4 is 20.7 Å². The summed E-state index contributed by atoms with van der Waals surface area (Å²) in [5.41, 5.74) is 1.86. The van der Waals surface area contributed by atoms with E-state index in [-0.39, 0.29) is 49.1 Å². The molecule has 4 amide bonds. The number of benzene rings is 2. The van der Waals surface area contributed by atoms with E-state index < -0.39 is 12.1 Å². The standard InChI is InChI=1S/C40H56N8O5/c1-28(2)38-39-42-30(4)45-48(39)26-36(50)41-19-11-21-46(20-10-16-35(49)43-33(40(52)44-38)24-31-12-6-5-7-13-31)25-32-14-8-9-15-34(32)53-27-37(51)47-22-17-29(3)18-23-47/h5-9,12-15,28-29,33,38H,10-11,16-27H2,1-4H3,(H,41,50)(H,43,49)(H,44,52)/t33-,38+/m1/s1. The maximum Gasteiger partial charge on any atom is 0.260 e. The van der Waals surface area contributed by atoms with E-state index in [0.29, 0.717) is 68.8 Å². The summed E-state index contributed by atoms with van der Waals surface area (Å²) in [4.78, 5) is 62.2. The van der Waals surface area contributed by atoms with Crippen LogP contribution in [0.3, 0.4) is 0 Å². The van der Waals surface area contributed by atoms with E-state index in [1.165, 1.54) is 0 Å². The van der Waals surface area contributed by atoms with Crippen molar-refractivity contribution in [3.8, 4) is 5.75 Å². The van der Waals surface area contributed by atoms with Crippen LogP contribution in [0, 0.1) is 18.8 Å². The Morgan fingerprint density at radius 1 is 0.925 bits per heavy atom. The Bertz CT molecular complexity index is 1670. The molecule has 1 saturated heterocycles. The molecule has 286 valence electrons. The number of fused-ring (bicyclic) bond motifs is 1. The summed E-state index contributed by atoms with van der Waals surface area (Å²) in [6.45, 7) is 11.7. The second-order valence-electron chi connectivity index (χ2n) is 14.8. The molecule has 3 N–H and O–H groups in total. The van der Waals surface area contributed by atoms with Crippen LogP contribution in [0.25, 0.3) is 0 Å². The highest BCUT2D eigenvalue weighted by atomic mass is 16.5. The molecule has 5 rings (SSSR count).